The van der Waals surface area contributed by atoms with Gasteiger partial charge in [0, 0.05) is 56.8 Å². The molecule has 1 aliphatic rings. The zero-order chi connectivity index (χ0) is 13.0. The van der Waals surface area contributed by atoms with Gasteiger partial charge in [0.2, 0.25) is 0 Å². The number of hydrogen-bond acceptors (Lipinski definition) is 4. The van der Waals surface area contributed by atoms with Crippen molar-refractivity contribution >= 4 is 5.69 Å². The largest absolute Gasteiger partial charge is 0.369 e. The Kier molecular flexibility index (Phi) is 4.55. The quantitative estimate of drug-likeness (QED) is 0.871. The van der Waals surface area contributed by atoms with Crippen LogP contribution in [0.4, 0.5) is 5.69 Å². The molecule has 1 aromatic heterocycles. The van der Waals surface area contributed by atoms with Gasteiger partial charge in [-0.15, -0.1) is 0 Å². The van der Waals surface area contributed by atoms with E-state index in [9.17, 15) is 0 Å². The molecule has 1 saturated heterocycles. The zero-order valence-corrected chi connectivity index (χ0v) is 11.5. The Balaban J connectivity index is 1.96. The van der Waals surface area contributed by atoms with E-state index in [1.54, 1.807) is 0 Å². The van der Waals surface area contributed by atoms with E-state index in [0.717, 1.165) is 39.1 Å². The van der Waals surface area contributed by atoms with Gasteiger partial charge >= 0.3 is 0 Å². The van der Waals surface area contributed by atoms with Gasteiger partial charge in [0.05, 0.1) is 0 Å². The van der Waals surface area contributed by atoms with Gasteiger partial charge in [-0.05, 0) is 25.0 Å². The molecule has 2 heterocycles. The molecule has 1 atom stereocenters. The number of pyridine rings is 1. The van der Waals surface area contributed by atoms with Crippen LogP contribution in [0.15, 0.2) is 18.5 Å². The third-order valence-corrected chi connectivity index (χ3v) is 3.91. The number of hydrogen-bond donors (Lipinski definition) is 1. The molecule has 0 aliphatic carbocycles. The fraction of sp³-hybridized carbons (Fsp3) is 0.643. The highest BCUT2D eigenvalue weighted by Crippen LogP contribution is 2.20. The van der Waals surface area contributed by atoms with Crippen molar-refractivity contribution in [1.82, 2.24) is 9.88 Å². The minimum Gasteiger partial charge on any atom is -0.369 e. The Morgan fingerprint density at radius 2 is 2.06 bits per heavy atom. The van der Waals surface area contributed by atoms with Crippen molar-refractivity contribution in [2.75, 3.05) is 37.6 Å². The molecule has 4 nitrogen and oxygen atoms in total. The zero-order valence-electron chi connectivity index (χ0n) is 11.5. The highest BCUT2D eigenvalue weighted by molar-refractivity contribution is 5.51. The van der Waals surface area contributed by atoms with Crippen molar-refractivity contribution in [3.8, 4) is 0 Å². The molecule has 0 aromatic carbocycles. The summed E-state index contributed by atoms with van der Waals surface area (Å²) in [6, 6.07) is 2.66. The van der Waals surface area contributed by atoms with Crippen LogP contribution in [0.1, 0.15) is 18.9 Å². The lowest BCUT2D eigenvalue weighted by Gasteiger charge is -2.40. The number of piperazine rings is 1. The van der Waals surface area contributed by atoms with Crippen LogP contribution in [0.25, 0.3) is 0 Å². The van der Waals surface area contributed by atoms with Crippen LogP contribution >= 0.6 is 0 Å². The summed E-state index contributed by atoms with van der Waals surface area (Å²) < 4.78 is 0. The fourth-order valence-electron chi connectivity index (χ4n) is 2.72. The first-order chi connectivity index (χ1) is 8.76. The van der Waals surface area contributed by atoms with E-state index in [4.69, 9.17) is 5.73 Å². The van der Waals surface area contributed by atoms with Crippen LogP contribution in [0, 0.1) is 6.92 Å². The summed E-state index contributed by atoms with van der Waals surface area (Å²) in [4.78, 5) is 9.13. The van der Waals surface area contributed by atoms with Gasteiger partial charge in [0.15, 0.2) is 0 Å². The standard InChI is InChI=1S/C14H24N4/c1-3-13(10-15)17-6-8-18(9-7-17)14-4-5-16-11-12(14)2/h4-5,11,13H,3,6-10,15H2,1-2H3. The lowest BCUT2D eigenvalue weighted by molar-refractivity contribution is 0.184. The average Bonchev–Trinajstić information content (AvgIpc) is 2.42. The molecule has 1 fully saturated rings. The van der Waals surface area contributed by atoms with Gasteiger partial charge in [0.1, 0.15) is 0 Å². The van der Waals surface area contributed by atoms with Crippen molar-refractivity contribution in [2.45, 2.75) is 26.3 Å². The first-order valence-electron chi connectivity index (χ1n) is 6.86. The van der Waals surface area contributed by atoms with Crippen LogP contribution in [0.3, 0.4) is 0 Å². The molecule has 100 valence electrons. The van der Waals surface area contributed by atoms with Crippen LogP contribution in [0.2, 0.25) is 0 Å². The van der Waals surface area contributed by atoms with Gasteiger partial charge in [-0.1, -0.05) is 6.92 Å². The maximum atomic E-state index is 5.82. The van der Waals surface area contributed by atoms with Gasteiger partial charge < -0.3 is 10.6 Å². The molecule has 2 rings (SSSR count). The SMILES string of the molecule is CCC(CN)N1CCN(c2ccncc2C)CC1. The highest BCUT2D eigenvalue weighted by atomic mass is 15.3. The van der Waals surface area contributed by atoms with E-state index in [1.807, 2.05) is 12.4 Å². The molecular formula is C14H24N4. The van der Waals surface area contributed by atoms with E-state index in [0.29, 0.717) is 6.04 Å². The fourth-order valence-corrected chi connectivity index (χ4v) is 2.72. The molecule has 1 aromatic rings. The summed E-state index contributed by atoms with van der Waals surface area (Å²) in [6.45, 7) is 9.50. The molecule has 0 saturated carbocycles. The van der Waals surface area contributed by atoms with E-state index in [1.165, 1.54) is 11.3 Å². The Morgan fingerprint density at radius 3 is 2.61 bits per heavy atom. The maximum Gasteiger partial charge on any atom is 0.0427 e. The predicted molar refractivity (Wildman–Crippen MR) is 75.9 cm³/mol. The Labute approximate surface area is 110 Å². The molecule has 2 N–H and O–H groups in total. The van der Waals surface area contributed by atoms with Crippen LogP contribution in [0.5, 0.6) is 0 Å². The summed E-state index contributed by atoms with van der Waals surface area (Å²) in [6.07, 6.45) is 4.96. The van der Waals surface area contributed by atoms with Crippen LogP contribution in [-0.4, -0.2) is 48.6 Å². The molecule has 0 bridgehead atoms. The normalized spacial score (nSPS) is 18.9. The van der Waals surface area contributed by atoms with Crippen molar-refractivity contribution in [2.24, 2.45) is 5.73 Å². The first-order valence-corrected chi connectivity index (χ1v) is 6.86. The van der Waals surface area contributed by atoms with E-state index in [-0.39, 0.29) is 0 Å². The second-order valence-electron chi connectivity index (χ2n) is 4.98. The molecule has 18 heavy (non-hydrogen) atoms. The number of aryl methyl sites for hydroxylation is 1. The Hall–Kier alpha value is -1.13. The van der Waals surface area contributed by atoms with Crippen molar-refractivity contribution in [3.05, 3.63) is 24.0 Å². The third kappa shape index (κ3) is 2.82. The molecule has 0 amide bonds. The molecule has 0 radical (unpaired) electrons. The molecule has 4 heteroatoms. The molecule has 1 unspecified atom stereocenters. The van der Waals surface area contributed by atoms with Gasteiger partial charge in [-0.3, -0.25) is 9.88 Å². The van der Waals surface area contributed by atoms with Crippen molar-refractivity contribution in [1.29, 1.82) is 0 Å². The average molecular weight is 248 g/mol. The Morgan fingerprint density at radius 1 is 1.33 bits per heavy atom. The smallest absolute Gasteiger partial charge is 0.0427 e. The maximum absolute atomic E-state index is 5.82. The second kappa shape index (κ2) is 6.16. The van der Waals surface area contributed by atoms with Gasteiger partial charge in [0.25, 0.3) is 0 Å². The molecule has 0 spiro atoms. The number of rotatable bonds is 4. The molecular weight excluding hydrogens is 224 g/mol. The summed E-state index contributed by atoms with van der Waals surface area (Å²) in [5.41, 5.74) is 8.41. The van der Waals surface area contributed by atoms with Crippen molar-refractivity contribution < 1.29 is 0 Å². The summed E-state index contributed by atoms with van der Waals surface area (Å²) >= 11 is 0. The minimum atomic E-state index is 0.547. The number of nitrogens with zero attached hydrogens (tertiary/aromatic N) is 3. The lowest BCUT2D eigenvalue weighted by Crippen LogP contribution is -2.52. The number of anilines is 1. The topological polar surface area (TPSA) is 45.4 Å². The number of nitrogens with two attached hydrogens (primary N) is 1. The summed E-state index contributed by atoms with van der Waals surface area (Å²) in [7, 11) is 0. The van der Waals surface area contributed by atoms with E-state index >= 15 is 0 Å². The van der Waals surface area contributed by atoms with E-state index in [2.05, 4.69) is 34.7 Å². The van der Waals surface area contributed by atoms with Crippen LogP contribution < -0.4 is 10.6 Å². The third-order valence-electron chi connectivity index (χ3n) is 3.91. The second-order valence-corrected chi connectivity index (χ2v) is 4.98. The summed E-state index contributed by atoms with van der Waals surface area (Å²) in [5.74, 6) is 0. The molecule has 1 aliphatic heterocycles. The van der Waals surface area contributed by atoms with Crippen molar-refractivity contribution in [3.63, 3.8) is 0 Å². The number of aromatic nitrogens is 1. The summed E-state index contributed by atoms with van der Waals surface area (Å²) in [5, 5.41) is 0. The van der Waals surface area contributed by atoms with E-state index < -0.39 is 0 Å². The predicted octanol–water partition coefficient (Wildman–Crippen LogP) is 1.25. The van der Waals surface area contributed by atoms with Gasteiger partial charge in [-0.2, -0.15) is 0 Å². The Bertz CT molecular complexity index is 368. The van der Waals surface area contributed by atoms with Crippen LogP contribution in [-0.2, 0) is 0 Å². The minimum absolute atomic E-state index is 0.547. The highest BCUT2D eigenvalue weighted by Gasteiger charge is 2.22. The monoisotopic (exact) mass is 248 g/mol. The van der Waals surface area contributed by atoms with Gasteiger partial charge in [-0.25, -0.2) is 0 Å². The first kappa shape index (κ1) is 13.3. The lowest BCUT2D eigenvalue weighted by atomic mass is 10.1.